The molecule has 1 aromatic heterocycles. The van der Waals surface area contributed by atoms with Gasteiger partial charge in [0.2, 0.25) is 0 Å². The van der Waals surface area contributed by atoms with E-state index >= 15 is 0 Å². The lowest BCUT2D eigenvalue weighted by molar-refractivity contribution is 0.164. The number of hydrogen-bond acceptors (Lipinski definition) is 6. The first-order valence-corrected chi connectivity index (χ1v) is 7.14. The van der Waals surface area contributed by atoms with Gasteiger partial charge in [0.25, 0.3) is 10.2 Å². The first-order chi connectivity index (χ1) is 8.62. The zero-order valence-corrected chi connectivity index (χ0v) is 10.6. The molecule has 1 saturated heterocycles. The van der Waals surface area contributed by atoms with E-state index in [1.54, 1.807) is 0 Å². The second-order valence-corrected chi connectivity index (χ2v) is 5.96. The Kier molecular flexibility index (Phi) is 4.22. The molecule has 1 aliphatic heterocycles. The third kappa shape index (κ3) is 3.22. The molecular formula is C8H16N6O3S. The van der Waals surface area contributed by atoms with Crippen LogP contribution in [-0.4, -0.2) is 58.2 Å². The van der Waals surface area contributed by atoms with Crippen molar-refractivity contribution in [1.82, 2.24) is 29.7 Å². The maximum atomic E-state index is 12.0. The summed E-state index contributed by atoms with van der Waals surface area (Å²) in [6.07, 6.45) is 1.61. The molecule has 0 bridgehead atoms. The Morgan fingerprint density at radius 1 is 1.56 bits per heavy atom. The quantitative estimate of drug-likeness (QED) is 0.585. The number of aromatic nitrogens is 4. The van der Waals surface area contributed by atoms with Crippen LogP contribution in [0.3, 0.4) is 0 Å². The van der Waals surface area contributed by atoms with Crippen molar-refractivity contribution in [2.24, 2.45) is 5.92 Å². The fourth-order valence-electron chi connectivity index (χ4n) is 1.90. The first-order valence-electron chi connectivity index (χ1n) is 5.69. The van der Waals surface area contributed by atoms with Gasteiger partial charge < -0.3 is 5.11 Å². The fraction of sp³-hybridized carbons (Fsp3) is 0.875. The number of aromatic amines is 1. The summed E-state index contributed by atoms with van der Waals surface area (Å²) in [4.78, 5) is 0. The van der Waals surface area contributed by atoms with Gasteiger partial charge in [-0.2, -0.15) is 22.7 Å². The van der Waals surface area contributed by atoms with Gasteiger partial charge in [0, 0.05) is 19.7 Å². The van der Waals surface area contributed by atoms with E-state index in [9.17, 15) is 8.42 Å². The van der Waals surface area contributed by atoms with Gasteiger partial charge in [-0.15, -0.1) is 10.2 Å². The maximum absolute atomic E-state index is 12.0. The van der Waals surface area contributed by atoms with Crippen LogP contribution in [0, 0.1) is 5.92 Å². The van der Waals surface area contributed by atoms with Gasteiger partial charge in [0.15, 0.2) is 5.82 Å². The molecule has 1 aromatic rings. The van der Waals surface area contributed by atoms with Crippen LogP contribution >= 0.6 is 0 Å². The Morgan fingerprint density at radius 3 is 3.06 bits per heavy atom. The standard InChI is InChI=1S/C8H16N6O3S/c15-6-7-2-1-3-14(5-7)18(16,17)9-4-8-10-12-13-11-8/h7,9,15H,1-6H2,(H,10,11,12,13). The van der Waals surface area contributed by atoms with Crippen LogP contribution in [0.2, 0.25) is 0 Å². The highest BCUT2D eigenvalue weighted by molar-refractivity contribution is 7.87. The molecule has 0 spiro atoms. The van der Waals surface area contributed by atoms with E-state index < -0.39 is 10.2 Å². The first kappa shape index (κ1) is 13.3. The summed E-state index contributed by atoms with van der Waals surface area (Å²) in [5.74, 6) is 0.301. The van der Waals surface area contributed by atoms with Gasteiger partial charge in [0.1, 0.15) is 0 Å². The molecule has 3 N–H and O–H groups in total. The Bertz CT molecular complexity index is 461. The lowest BCUT2D eigenvalue weighted by Gasteiger charge is -2.30. The zero-order chi connectivity index (χ0) is 13.0. The van der Waals surface area contributed by atoms with Crippen LogP contribution in [0.4, 0.5) is 0 Å². The molecule has 0 saturated carbocycles. The minimum Gasteiger partial charge on any atom is -0.396 e. The highest BCUT2D eigenvalue weighted by Crippen LogP contribution is 2.17. The van der Waals surface area contributed by atoms with E-state index in [2.05, 4.69) is 25.3 Å². The molecule has 102 valence electrons. The number of hydrogen-bond donors (Lipinski definition) is 3. The van der Waals surface area contributed by atoms with E-state index in [4.69, 9.17) is 5.11 Å². The third-order valence-electron chi connectivity index (χ3n) is 2.88. The average molecular weight is 276 g/mol. The molecule has 0 amide bonds. The molecule has 2 rings (SSSR count). The van der Waals surface area contributed by atoms with Crippen LogP contribution in [0.5, 0.6) is 0 Å². The molecule has 1 atom stereocenters. The fourth-order valence-corrected chi connectivity index (χ4v) is 3.17. The monoisotopic (exact) mass is 276 g/mol. The minimum atomic E-state index is -3.55. The predicted molar refractivity (Wildman–Crippen MR) is 61.3 cm³/mol. The Balaban J connectivity index is 1.93. The summed E-state index contributed by atoms with van der Waals surface area (Å²) < 4.78 is 27.7. The van der Waals surface area contributed by atoms with Crippen molar-refractivity contribution in [2.45, 2.75) is 19.4 Å². The predicted octanol–water partition coefficient (Wildman–Crippen LogP) is -1.76. The molecular weight excluding hydrogens is 260 g/mol. The summed E-state index contributed by atoms with van der Waals surface area (Å²) in [6, 6.07) is 0. The SMILES string of the molecule is O=S(=O)(NCc1nn[nH]n1)N1CCCC(CO)C1. The summed E-state index contributed by atoms with van der Waals surface area (Å²) >= 11 is 0. The maximum Gasteiger partial charge on any atom is 0.279 e. The molecule has 0 aromatic carbocycles. The van der Waals surface area contributed by atoms with Crippen molar-refractivity contribution >= 4 is 10.2 Å². The summed E-state index contributed by atoms with van der Waals surface area (Å²) in [7, 11) is -3.55. The molecule has 9 nitrogen and oxygen atoms in total. The average Bonchev–Trinajstić information content (AvgIpc) is 2.90. The van der Waals surface area contributed by atoms with Gasteiger partial charge in [-0.05, 0) is 18.8 Å². The van der Waals surface area contributed by atoms with Crippen molar-refractivity contribution in [3.05, 3.63) is 5.82 Å². The van der Waals surface area contributed by atoms with Crippen molar-refractivity contribution in [2.75, 3.05) is 19.7 Å². The largest absolute Gasteiger partial charge is 0.396 e. The number of nitrogens with one attached hydrogen (secondary N) is 2. The minimum absolute atomic E-state index is 0.000868. The van der Waals surface area contributed by atoms with Gasteiger partial charge in [0.05, 0.1) is 6.54 Å². The lowest BCUT2D eigenvalue weighted by atomic mass is 10.0. The molecule has 0 aliphatic carbocycles. The summed E-state index contributed by atoms with van der Waals surface area (Å²) in [5, 5.41) is 22.0. The van der Waals surface area contributed by atoms with Gasteiger partial charge in [-0.25, -0.2) is 0 Å². The summed E-state index contributed by atoms with van der Waals surface area (Å²) in [5.41, 5.74) is 0. The van der Waals surface area contributed by atoms with Gasteiger partial charge >= 0.3 is 0 Å². The number of nitrogens with zero attached hydrogens (tertiary/aromatic N) is 4. The van der Waals surface area contributed by atoms with E-state index in [0.29, 0.717) is 13.1 Å². The normalized spacial score (nSPS) is 22.2. The molecule has 1 aliphatic rings. The van der Waals surface area contributed by atoms with Crippen molar-refractivity contribution in [1.29, 1.82) is 0 Å². The molecule has 1 fully saturated rings. The van der Waals surface area contributed by atoms with E-state index in [1.807, 2.05) is 0 Å². The van der Waals surface area contributed by atoms with E-state index in [-0.39, 0.29) is 24.9 Å². The van der Waals surface area contributed by atoms with Crippen LogP contribution in [0.25, 0.3) is 0 Å². The molecule has 1 unspecified atom stereocenters. The Hall–Kier alpha value is -1.10. The Morgan fingerprint density at radius 2 is 2.39 bits per heavy atom. The van der Waals surface area contributed by atoms with E-state index in [1.165, 1.54) is 4.31 Å². The van der Waals surface area contributed by atoms with Crippen molar-refractivity contribution in [3.8, 4) is 0 Å². The van der Waals surface area contributed by atoms with Crippen LogP contribution in [0.15, 0.2) is 0 Å². The molecule has 0 radical (unpaired) electrons. The Labute approximate surface area is 105 Å². The zero-order valence-electron chi connectivity index (χ0n) is 9.78. The highest BCUT2D eigenvalue weighted by Gasteiger charge is 2.28. The molecule has 2 heterocycles. The molecule has 18 heavy (non-hydrogen) atoms. The van der Waals surface area contributed by atoms with Gasteiger partial charge in [-0.3, -0.25) is 0 Å². The number of tetrazole rings is 1. The van der Waals surface area contributed by atoms with E-state index in [0.717, 1.165) is 12.8 Å². The van der Waals surface area contributed by atoms with Crippen molar-refractivity contribution < 1.29 is 13.5 Å². The number of piperidine rings is 1. The highest BCUT2D eigenvalue weighted by atomic mass is 32.2. The third-order valence-corrected chi connectivity index (χ3v) is 4.40. The lowest BCUT2D eigenvalue weighted by Crippen LogP contribution is -2.46. The van der Waals surface area contributed by atoms with Gasteiger partial charge in [-0.1, -0.05) is 5.21 Å². The summed E-state index contributed by atoms with van der Waals surface area (Å²) in [6.45, 7) is 0.826. The van der Waals surface area contributed by atoms with Crippen LogP contribution in [-0.2, 0) is 16.8 Å². The second kappa shape index (κ2) is 5.69. The van der Waals surface area contributed by atoms with Crippen molar-refractivity contribution in [3.63, 3.8) is 0 Å². The number of aliphatic hydroxyl groups excluding tert-OH is 1. The molecule has 10 heteroatoms. The number of rotatable bonds is 5. The topological polar surface area (TPSA) is 124 Å². The van der Waals surface area contributed by atoms with Crippen LogP contribution < -0.4 is 4.72 Å². The van der Waals surface area contributed by atoms with Crippen LogP contribution in [0.1, 0.15) is 18.7 Å². The number of aliphatic hydroxyl groups is 1. The number of H-pyrrole nitrogens is 1. The smallest absolute Gasteiger partial charge is 0.279 e. The second-order valence-electron chi connectivity index (χ2n) is 4.20.